The van der Waals surface area contributed by atoms with Crippen LogP contribution in [0.3, 0.4) is 0 Å². The summed E-state index contributed by atoms with van der Waals surface area (Å²) in [7, 11) is 1.67. The summed E-state index contributed by atoms with van der Waals surface area (Å²) in [6, 6.07) is 4.03. The van der Waals surface area contributed by atoms with Gasteiger partial charge in [-0.2, -0.15) is 11.8 Å². The van der Waals surface area contributed by atoms with Gasteiger partial charge in [-0.1, -0.05) is 18.9 Å². The fourth-order valence-electron chi connectivity index (χ4n) is 2.64. The smallest absolute Gasteiger partial charge is 0.217 e. The lowest BCUT2D eigenvalue weighted by Gasteiger charge is -2.27. The fourth-order valence-corrected chi connectivity index (χ4v) is 3.58. The van der Waals surface area contributed by atoms with Crippen molar-refractivity contribution >= 4 is 11.8 Å². The van der Waals surface area contributed by atoms with Crippen molar-refractivity contribution in [1.82, 2.24) is 10.3 Å². The second-order valence-electron chi connectivity index (χ2n) is 4.87. The summed E-state index contributed by atoms with van der Waals surface area (Å²) in [5.74, 6) is 0.731. The van der Waals surface area contributed by atoms with E-state index < -0.39 is 0 Å². The topological polar surface area (TPSA) is 34.1 Å². The Morgan fingerprint density at radius 1 is 1.44 bits per heavy atom. The highest BCUT2D eigenvalue weighted by molar-refractivity contribution is 8.00. The number of thioether (sulfide) groups is 1. The summed E-state index contributed by atoms with van der Waals surface area (Å²) in [5.41, 5.74) is 1.13. The number of nitrogens with one attached hydrogen (secondary N) is 1. The highest BCUT2D eigenvalue weighted by atomic mass is 32.2. The van der Waals surface area contributed by atoms with Crippen molar-refractivity contribution in [3.05, 3.63) is 23.9 Å². The summed E-state index contributed by atoms with van der Waals surface area (Å²) in [6.07, 6.45) is 9.43. The van der Waals surface area contributed by atoms with Gasteiger partial charge in [-0.15, -0.1) is 0 Å². The number of methoxy groups -OCH3 is 1. The second-order valence-corrected chi connectivity index (χ2v) is 6.14. The third-order valence-electron chi connectivity index (χ3n) is 3.75. The predicted octanol–water partition coefficient (Wildman–Crippen LogP) is 2.86. The maximum Gasteiger partial charge on any atom is 0.217 e. The van der Waals surface area contributed by atoms with Gasteiger partial charge in [0.15, 0.2) is 0 Å². The third-order valence-corrected chi connectivity index (χ3v) is 5.17. The van der Waals surface area contributed by atoms with E-state index in [1.54, 1.807) is 13.3 Å². The molecule has 1 aliphatic carbocycles. The van der Waals surface area contributed by atoms with Crippen molar-refractivity contribution in [3.8, 4) is 5.88 Å². The number of ether oxygens (including phenoxy) is 1. The summed E-state index contributed by atoms with van der Waals surface area (Å²) in [6.45, 7) is 1.91. The molecule has 1 aromatic heterocycles. The van der Waals surface area contributed by atoms with Gasteiger partial charge < -0.3 is 10.1 Å². The van der Waals surface area contributed by atoms with Gasteiger partial charge in [0.05, 0.1) is 7.11 Å². The lowest BCUT2D eigenvalue weighted by Crippen LogP contribution is -2.34. The van der Waals surface area contributed by atoms with Crippen molar-refractivity contribution in [2.24, 2.45) is 0 Å². The van der Waals surface area contributed by atoms with Crippen LogP contribution in [-0.4, -0.2) is 29.6 Å². The molecule has 1 heterocycles. The molecule has 1 aromatic rings. The Labute approximate surface area is 114 Å². The Hall–Kier alpha value is -0.740. The first-order chi connectivity index (χ1) is 8.79. The van der Waals surface area contributed by atoms with E-state index in [0.29, 0.717) is 4.75 Å². The van der Waals surface area contributed by atoms with E-state index in [4.69, 9.17) is 4.74 Å². The third kappa shape index (κ3) is 3.18. The number of rotatable bonds is 6. The maximum absolute atomic E-state index is 5.26. The van der Waals surface area contributed by atoms with Crippen molar-refractivity contribution in [2.45, 2.75) is 37.0 Å². The van der Waals surface area contributed by atoms with Gasteiger partial charge in [-0.25, -0.2) is 4.98 Å². The first-order valence-electron chi connectivity index (χ1n) is 6.53. The van der Waals surface area contributed by atoms with Gasteiger partial charge in [-0.3, -0.25) is 0 Å². The molecule has 1 aliphatic rings. The van der Waals surface area contributed by atoms with Crippen molar-refractivity contribution in [1.29, 1.82) is 0 Å². The van der Waals surface area contributed by atoms with Gasteiger partial charge in [0.1, 0.15) is 0 Å². The lowest BCUT2D eigenvalue weighted by molar-refractivity contribution is 0.389. The molecule has 1 saturated carbocycles. The first kappa shape index (κ1) is 13.7. The van der Waals surface area contributed by atoms with E-state index in [2.05, 4.69) is 22.6 Å². The van der Waals surface area contributed by atoms with Gasteiger partial charge in [0, 0.05) is 29.6 Å². The molecule has 1 N–H and O–H groups in total. The molecule has 18 heavy (non-hydrogen) atoms. The molecule has 3 nitrogen and oxygen atoms in total. The molecule has 0 atom stereocenters. The van der Waals surface area contributed by atoms with Gasteiger partial charge in [0.2, 0.25) is 5.88 Å². The fraction of sp³-hybridized carbons (Fsp3) is 0.643. The average Bonchev–Trinajstić information content (AvgIpc) is 2.89. The molecule has 0 radical (unpaired) electrons. The number of aromatic nitrogens is 1. The van der Waals surface area contributed by atoms with Crippen LogP contribution < -0.4 is 10.1 Å². The van der Waals surface area contributed by atoms with E-state index in [-0.39, 0.29) is 0 Å². The van der Waals surface area contributed by atoms with E-state index in [1.165, 1.54) is 25.7 Å². The van der Waals surface area contributed by atoms with Crippen LogP contribution in [-0.2, 0) is 6.54 Å². The van der Waals surface area contributed by atoms with Crippen LogP contribution in [0.2, 0.25) is 0 Å². The van der Waals surface area contributed by atoms with E-state index >= 15 is 0 Å². The Kier molecular flexibility index (Phi) is 4.89. The monoisotopic (exact) mass is 266 g/mol. The van der Waals surface area contributed by atoms with Crippen LogP contribution in [0.5, 0.6) is 5.88 Å². The summed E-state index contributed by atoms with van der Waals surface area (Å²) < 4.78 is 5.72. The van der Waals surface area contributed by atoms with Crippen LogP contribution in [0.1, 0.15) is 31.2 Å². The van der Waals surface area contributed by atoms with Crippen molar-refractivity contribution in [3.63, 3.8) is 0 Å². The minimum absolute atomic E-state index is 0.454. The van der Waals surface area contributed by atoms with Crippen molar-refractivity contribution in [2.75, 3.05) is 19.9 Å². The summed E-state index contributed by atoms with van der Waals surface area (Å²) >= 11 is 2.02. The SMILES string of the molecule is COc1ncccc1CNCC1(SC)CCCC1. The Morgan fingerprint density at radius 2 is 2.22 bits per heavy atom. The van der Waals surface area contributed by atoms with Crippen LogP contribution in [0.15, 0.2) is 18.3 Å². The largest absolute Gasteiger partial charge is 0.481 e. The molecule has 0 saturated heterocycles. The van der Waals surface area contributed by atoms with Gasteiger partial charge in [0.25, 0.3) is 0 Å². The van der Waals surface area contributed by atoms with Gasteiger partial charge >= 0.3 is 0 Å². The highest BCUT2D eigenvalue weighted by Gasteiger charge is 2.32. The molecular weight excluding hydrogens is 244 g/mol. The molecule has 0 bridgehead atoms. The van der Waals surface area contributed by atoms with E-state index in [1.807, 2.05) is 17.8 Å². The minimum atomic E-state index is 0.454. The summed E-state index contributed by atoms with van der Waals surface area (Å²) in [4.78, 5) is 4.22. The quantitative estimate of drug-likeness (QED) is 0.858. The molecule has 2 rings (SSSR count). The maximum atomic E-state index is 5.26. The Balaban J connectivity index is 1.88. The molecule has 0 amide bonds. The van der Waals surface area contributed by atoms with Crippen molar-refractivity contribution < 1.29 is 4.74 Å². The second kappa shape index (κ2) is 6.43. The standard InChI is InChI=1S/C14H22N2OS/c1-17-13-12(6-5-9-16-13)10-15-11-14(18-2)7-3-4-8-14/h5-6,9,15H,3-4,7-8,10-11H2,1-2H3. The first-order valence-corrected chi connectivity index (χ1v) is 7.76. The van der Waals surface area contributed by atoms with E-state index in [0.717, 1.165) is 24.5 Å². The van der Waals surface area contributed by atoms with Crippen LogP contribution >= 0.6 is 11.8 Å². The lowest BCUT2D eigenvalue weighted by atomic mass is 10.1. The Morgan fingerprint density at radius 3 is 2.89 bits per heavy atom. The number of nitrogens with zero attached hydrogens (tertiary/aromatic N) is 1. The average molecular weight is 266 g/mol. The molecule has 4 heteroatoms. The molecule has 0 aromatic carbocycles. The predicted molar refractivity (Wildman–Crippen MR) is 77.2 cm³/mol. The molecule has 0 unspecified atom stereocenters. The minimum Gasteiger partial charge on any atom is -0.481 e. The van der Waals surface area contributed by atoms with Crippen LogP contribution in [0.4, 0.5) is 0 Å². The number of pyridine rings is 1. The zero-order valence-electron chi connectivity index (χ0n) is 11.2. The summed E-state index contributed by atoms with van der Waals surface area (Å²) in [5, 5.41) is 3.57. The number of hydrogen-bond acceptors (Lipinski definition) is 4. The number of hydrogen-bond donors (Lipinski definition) is 1. The molecular formula is C14H22N2OS. The zero-order chi connectivity index (χ0) is 12.8. The highest BCUT2D eigenvalue weighted by Crippen LogP contribution is 2.39. The molecule has 1 fully saturated rings. The van der Waals surface area contributed by atoms with Gasteiger partial charge in [-0.05, 0) is 25.2 Å². The normalized spacial score (nSPS) is 17.9. The van der Waals surface area contributed by atoms with Crippen LogP contribution in [0.25, 0.3) is 0 Å². The molecule has 0 aliphatic heterocycles. The van der Waals surface area contributed by atoms with E-state index in [9.17, 15) is 0 Å². The zero-order valence-corrected chi connectivity index (χ0v) is 12.1. The molecule has 100 valence electrons. The Bertz CT molecular complexity index is 378. The molecule has 0 spiro atoms. The van der Waals surface area contributed by atoms with Crippen LogP contribution in [0, 0.1) is 0 Å².